The number of rotatable bonds is 6. The third kappa shape index (κ3) is 4.54. The molecule has 10 heteroatoms. The summed E-state index contributed by atoms with van der Waals surface area (Å²) < 4.78 is 40.1. The zero-order chi connectivity index (χ0) is 21.8. The van der Waals surface area contributed by atoms with E-state index in [0.29, 0.717) is 0 Å². The minimum atomic E-state index is -2.76. The molecule has 2 N–H and O–H groups in total. The SMILES string of the molecule is C[C@@H](CO)NC(=O)c1cc(-c2ccc(C(F)F)nc2)nn(-c2cccc(F)c2)c1=O. The zero-order valence-corrected chi connectivity index (χ0v) is 15.7. The normalized spacial score (nSPS) is 12.1. The minimum absolute atomic E-state index is 0.0725. The van der Waals surface area contributed by atoms with Gasteiger partial charge in [-0.25, -0.2) is 13.2 Å². The maximum atomic E-state index is 13.7. The molecule has 1 atom stereocenters. The van der Waals surface area contributed by atoms with Crippen molar-refractivity contribution >= 4 is 5.91 Å². The van der Waals surface area contributed by atoms with Crippen molar-refractivity contribution in [3.8, 4) is 16.9 Å². The van der Waals surface area contributed by atoms with Crippen molar-refractivity contribution in [2.75, 3.05) is 6.61 Å². The van der Waals surface area contributed by atoms with Crippen LogP contribution in [0.1, 0.15) is 29.4 Å². The van der Waals surface area contributed by atoms with Crippen molar-refractivity contribution < 1.29 is 23.1 Å². The first-order chi connectivity index (χ1) is 14.3. The number of amides is 1. The van der Waals surface area contributed by atoms with Gasteiger partial charge in [0.15, 0.2) is 0 Å². The number of carbonyl (C=O) groups excluding carboxylic acids is 1. The number of benzene rings is 1. The first-order valence-electron chi connectivity index (χ1n) is 8.86. The zero-order valence-electron chi connectivity index (χ0n) is 15.7. The van der Waals surface area contributed by atoms with Gasteiger partial charge in [-0.1, -0.05) is 6.07 Å². The van der Waals surface area contributed by atoms with Crippen molar-refractivity contribution in [3.05, 3.63) is 76.1 Å². The van der Waals surface area contributed by atoms with Crippen LogP contribution in [-0.4, -0.2) is 38.4 Å². The van der Waals surface area contributed by atoms with Gasteiger partial charge in [-0.3, -0.25) is 14.6 Å². The third-order valence-electron chi connectivity index (χ3n) is 4.17. The lowest BCUT2D eigenvalue weighted by Gasteiger charge is -2.13. The molecule has 0 saturated heterocycles. The lowest BCUT2D eigenvalue weighted by atomic mass is 10.1. The Bertz CT molecular complexity index is 1120. The molecule has 7 nitrogen and oxygen atoms in total. The first-order valence-corrected chi connectivity index (χ1v) is 8.86. The maximum absolute atomic E-state index is 13.7. The summed E-state index contributed by atoms with van der Waals surface area (Å²) in [7, 11) is 0. The molecule has 0 aliphatic heterocycles. The number of halogens is 3. The predicted molar refractivity (Wildman–Crippen MR) is 102 cm³/mol. The van der Waals surface area contributed by atoms with E-state index in [4.69, 9.17) is 5.11 Å². The summed E-state index contributed by atoms with van der Waals surface area (Å²) in [5.41, 5.74) is -1.13. The Morgan fingerprint density at radius 1 is 1.23 bits per heavy atom. The number of pyridine rings is 1. The highest BCUT2D eigenvalue weighted by molar-refractivity contribution is 5.95. The summed E-state index contributed by atoms with van der Waals surface area (Å²) in [5, 5.41) is 15.8. The molecule has 1 aromatic carbocycles. The number of carbonyl (C=O) groups is 1. The van der Waals surface area contributed by atoms with Gasteiger partial charge in [-0.05, 0) is 43.3 Å². The number of hydrogen-bond donors (Lipinski definition) is 2. The lowest BCUT2D eigenvalue weighted by Crippen LogP contribution is -2.39. The van der Waals surface area contributed by atoms with Gasteiger partial charge in [0.1, 0.15) is 17.1 Å². The Balaban J connectivity index is 2.17. The fourth-order valence-corrected chi connectivity index (χ4v) is 2.61. The molecule has 3 aromatic rings. The van der Waals surface area contributed by atoms with E-state index in [1.807, 2.05) is 0 Å². The Morgan fingerprint density at radius 3 is 2.60 bits per heavy atom. The molecule has 0 aliphatic rings. The van der Waals surface area contributed by atoms with Crippen molar-refractivity contribution in [3.63, 3.8) is 0 Å². The van der Waals surface area contributed by atoms with Gasteiger partial charge < -0.3 is 10.4 Å². The highest BCUT2D eigenvalue weighted by atomic mass is 19.3. The minimum Gasteiger partial charge on any atom is -0.394 e. The average molecular weight is 418 g/mol. The van der Waals surface area contributed by atoms with Gasteiger partial charge in [-0.15, -0.1) is 0 Å². The van der Waals surface area contributed by atoms with Crippen LogP contribution >= 0.6 is 0 Å². The van der Waals surface area contributed by atoms with Crippen molar-refractivity contribution in [2.45, 2.75) is 19.4 Å². The van der Waals surface area contributed by atoms with Gasteiger partial charge in [0.25, 0.3) is 17.9 Å². The molecule has 1 amide bonds. The van der Waals surface area contributed by atoms with E-state index in [2.05, 4.69) is 15.4 Å². The smallest absolute Gasteiger partial charge is 0.284 e. The summed E-state index contributed by atoms with van der Waals surface area (Å²) in [6.45, 7) is 1.19. The summed E-state index contributed by atoms with van der Waals surface area (Å²) in [6.07, 6.45) is -1.61. The molecule has 30 heavy (non-hydrogen) atoms. The predicted octanol–water partition coefficient (Wildman–Crippen LogP) is 2.48. The molecular weight excluding hydrogens is 401 g/mol. The van der Waals surface area contributed by atoms with E-state index in [0.717, 1.165) is 23.0 Å². The largest absolute Gasteiger partial charge is 0.394 e. The van der Waals surface area contributed by atoms with E-state index in [9.17, 15) is 22.8 Å². The van der Waals surface area contributed by atoms with Crippen LogP contribution in [0.5, 0.6) is 0 Å². The average Bonchev–Trinajstić information content (AvgIpc) is 2.73. The summed E-state index contributed by atoms with van der Waals surface area (Å²) in [6, 6.07) is 8.05. The summed E-state index contributed by atoms with van der Waals surface area (Å²) in [4.78, 5) is 29.1. The van der Waals surface area contributed by atoms with Crippen LogP contribution in [0.3, 0.4) is 0 Å². The molecule has 3 rings (SSSR count). The van der Waals surface area contributed by atoms with Gasteiger partial charge in [0.05, 0.1) is 18.0 Å². The molecule has 0 bridgehead atoms. The third-order valence-corrected chi connectivity index (χ3v) is 4.17. The second-order valence-corrected chi connectivity index (χ2v) is 6.47. The topological polar surface area (TPSA) is 97.1 Å². The Labute approximate surface area is 168 Å². The Kier molecular flexibility index (Phi) is 6.26. The van der Waals surface area contributed by atoms with Crippen LogP contribution in [0.15, 0.2) is 53.5 Å². The highest BCUT2D eigenvalue weighted by Gasteiger charge is 2.19. The quantitative estimate of drug-likeness (QED) is 0.641. The van der Waals surface area contributed by atoms with Crippen LogP contribution in [0.4, 0.5) is 13.2 Å². The number of nitrogens with zero attached hydrogens (tertiary/aromatic N) is 3. The molecule has 0 radical (unpaired) electrons. The molecule has 0 fully saturated rings. The first kappa shape index (κ1) is 21.2. The van der Waals surface area contributed by atoms with Crippen LogP contribution in [0, 0.1) is 5.82 Å². The van der Waals surface area contributed by atoms with E-state index in [-0.39, 0.29) is 29.1 Å². The molecule has 0 saturated carbocycles. The Morgan fingerprint density at radius 2 is 2.00 bits per heavy atom. The summed E-state index contributed by atoms with van der Waals surface area (Å²) in [5.74, 6) is -1.39. The number of nitrogens with one attached hydrogen (secondary N) is 1. The van der Waals surface area contributed by atoms with E-state index in [1.54, 1.807) is 0 Å². The van der Waals surface area contributed by atoms with Crippen LogP contribution in [0.25, 0.3) is 16.9 Å². The molecule has 0 spiro atoms. The van der Waals surface area contributed by atoms with Crippen LogP contribution < -0.4 is 10.9 Å². The fraction of sp³-hybridized carbons (Fsp3) is 0.200. The maximum Gasteiger partial charge on any atom is 0.284 e. The van der Waals surface area contributed by atoms with Gasteiger partial charge in [-0.2, -0.15) is 9.78 Å². The van der Waals surface area contributed by atoms with Crippen molar-refractivity contribution in [2.24, 2.45) is 0 Å². The highest BCUT2D eigenvalue weighted by Crippen LogP contribution is 2.21. The number of aliphatic hydroxyl groups excluding tert-OH is 1. The van der Waals surface area contributed by atoms with E-state index in [1.165, 1.54) is 37.3 Å². The van der Waals surface area contributed by atoms with Gasteiger partial charge in [0, 0.05) is 17.8 Å². The standard InChI is InChI=1S/C20H17F3N4O3/c1-11(10-28)25-19(29)15-8-17(12-5-6-16(18(22)23)24-9-12)26-27(20(15)30)14-4-2-3-13(21)7-14/h2-9,11,18,28H,10H2,1H3,(H,25,29)/t11-/m0/s1. The van der Waals surface area contributed by atoms with Crippen molar-refractivity contribution in [1.82, 2.24) is 20.1 Å². The number of aromatic nitrogens is 3. The number of hydrogen-bond acceptors (Lipinski definition) is 5. The molecule has 0 aliphatic carbocycles. The number of aliphatic hydroxyl groups is 1. The molecular formula is C20H17F3N4O3. The van der Waals surface area contributed by atoms with Gasteiger partial charge >= 0.3 is 0 Å². The fourth-order valence-electron chi connectivity index (χ4n) is 2.61. The Hall–Kier alpha value is -3.53. The second kappa shape index (κ2) is 8.87. The lowest BCUT2D eigenvalue weighted by molar-refractivity contribution is 0.0920. The summed E-state index contributed by atoms with van der Waals surface area (Å²) >= 11 is 0. The number of alkyl halides is 2. The molecule has 2 aromatic heterocycles. The molecule has 2 heterocycles. The van der Waals surface area contributed by atoms with E-state index < -0.39 is 35.4 Å². The molecule has 0 unspecified atom stereocenters. The van der Waals surface area contributed by atoms with Crippen LogP contribution in [0.2, 0.25) is 0 Å². The van der Waals surface area contributed by atoms with Gasteiger partial charge in [0.2, 0.25) is 0 Å². The van der Waals surface area contributed by atoms with Crippen molar-refractivity contribution in [1.29, 1.82) is 0 Å². The van der Waals surface area contributed by atoms with E-state index >= 15 is 0 Å². The monoisotopic (exact) mass is 418 g/mol. The van der Waals surface area contributed by atoms with Crippen LogP contribution in [-0.2, 0) is 0 Å². The second-order valence-electron chi connectivity index (χ2n) is 6.47. The molecule has 156 valence electrons.